The largest absolute Gasteiger partial charge is 0.475 e. The molecule has 0 aliphatic carbocycles. The Morgan fingerprint density at radius 1 is 1.25 bits per heavy atom. The molecule has 2 aromatic rings. The summed E-state index contributed by atoms with van der Waals surface area (Å²) < 4.78 is 0. The molecule has 0 unspecified atom stereocenters. The highest BCUT2D eigenvalue weighted by atomic mass is 35.5. The van der Waals surface area contributed by atoms with Crippen LogP contribution in [0.3, 0.4) is 0 Å². The zero-order valence-electron chi connectivity index (χ0n) is 7.83. The van der Waals surface area contributed by atoms with Gasteiger partial charge in [-0.1, -0.05) is 11.6 Å². The number of nitrogens with zero attached hydrogens (tertiary/aromatic N) is 4. The van der Waals surface area contributed by atoms with Gasteiger partial charge < -0.3 is 5.11 Å². The van der Waals surface area contributed by atoms with Crippen molar-refractivity contribution in [1.82, 2.24) is 19.9 Å². The van der Waals surface area contributed by atoms with E-state index >= 15 is 0 Å². The SMILES string of the molecule is O=C(O)c1ncc(Cl)c(-c2cnccn2)n1. The van der Waals surface area contributed by atoms with Crippen molar-refractivity contribution >= 4 is 17.6 Å². The van der Waals surface area contributed by atoms with Crippen LogP contribution in [-0.2, 0) is 0 Å². The monoisotopic (exact) mass is 236 g/mol. The van der Waals surface area contributed by atoms with Gasteiger partial charge in [0.15, 0.2) is 0 Å². The highest BCUT2D eigenvalue weighted by molar-refractivity contribution is 6.32. The summed E-state index contributed by atoms with van der Waals surface area (Å²) >= 11 is 5.85. The van der Waals surface area contributed by atoms with Crippen LogP contribution in [0.2, 0.25) is 5.02 Å². The number of carboxylic acid groups (broad SMARTS) is 1. The molecule has 0 aromatic carbocycles. The molecule has 0 amide bonds. The quantitative estimate of drug-likeness (QED) is 0.845. The summed E-state index contributed by atoms with van der Waals surface area (Å²) in [5.74, 6) is -1.55. The third-order valence-electron chi connectivity index (χ3n) is 1.74. The van der Waals surface area contributed by atoms with Crippen LogP contribution in [0, 0.1) is 0 Å². The molecule has 0 aliphatic heterocycles. The molecular weight excluding hydrogens is 232 g/mol. The number of aromatic carboxylic acids is 1. The topological polar surface area (TPSA) is 88.9 Å². The van der Waals surface area contributed by atoms with Gasteiger partial charge in [0.25, 0.3) is 0 Å². The molecule has 0 saturated carbocycles. The van der Waals surface area contributed by atoms with Crippen molar-refractivity contribution in [3.8, 4) is 11.4 Å². The highest BCUT2D eigenvalue weighted by Gasteiger charge is 2.13. The number of hydrogen-bond acceptors (Lipinski definition) is 5. The standard InChI is InChI=1S/C9H5ClN4O2/c10-5-3-13-8(9(15)16)14-7(5)6-4-11-1-2-12-6/h1-4H,(H,15,16). The first-order valence-electron chi connectivity index (χ1n) is 4.20. The van der Waals surface area contributed by atoms with Crippen molar-refractivity contribution in [1.29, 1.82) is 0 Å². The predicted molar refractivity (Wildman–Crippen MR) is 55.0 cm³/mol. The molecule has 6 nitrogen and oxygen atoms in total. The van der Waals surface area contributed by atoms with Gasteiger partial charge in [-0.3, -0.25) is 9.97 Å². The van der Waals surface area contributed by atoms with Crippen LogP contribution in [0.25, 0.3) is 11.4 Å². The Balaban J connectivity index is 2.56. The first kappa shape index (κ1) is 10.4. The van der Waals surface area contributed by atoms with Crippen LogP contribution >= 0.6 is 11.6 Å². The molecule has 0 saturated heterocycles. The van der Waals surface area contributed by atoms with Crippen LogP contribution < -0.4 is 0 Å². The molecule has 2 aromatic heterocycles. The molecule has 0 aliphatic rings. The van der Waals surface area contributed by atoms with Crippen LogP contribution in [0.5, 0.6) is 0 Å². The van der Waals surface area contributed by atoms with Crippen LogP contribution in [0.4, 0.5) is 0 Å². The summed E-state index contributed by atoms with van der Waals surface area (Å²) in [4.78, 5) is 25.9. The number of hydrogen-bond donors (Lipinski definition) is 1. The zero-order chi connectivity index (χ0) is 11.5. The lowest BCUT2D eigenvalue weighted by Gasteiger charge is -2.02. The van der Waals surface area contributed by atoms with E-state index in [4.69, 9.17) is 16.7 Å². The fraction of sp³-hybridized carbons (Fsp3) is 0. The maximum absolute atomic E-state index is 10.7. The van der Waals surface area contributed by atoms with E-state index in [-0.39, 0.29) is 16.5 Å². The van der Waals surface area contributed by atoms with E-state index in [2.05, 4.69) is 19.9 Å². The second-order valence-electron chi connectivity index (χ2n) is 2.79. The number of halogens is 1. The van der Waals surface area contributed by atoms with E-state index in [9.17, 15) is 4.79 Å². The van der Waals surface area contributed by atoms with Gasteiger partial charge in [0.1, 0.15) is 11.4 Å². The normalized spacial score (nSPS) is 10.1. The number of carbonyl (C=O) groups is 1. The third kappa shape index (κ3) is 1.96. The fourth-order valence-electron chi connectivity index (χ4n) is 1.07. The Kier molecular flexibility index (Phi) is 2.74. The maximum atomic E-state index is 10.7. The Morgan fingerprint density at radius 3 is 2.69 bits per heavy atom. The van der Waals surface area contributed by atoms with E-state index in [0.29, 0.717) is 5.69 Å². The summed E-state index contributed by atoms with van der Waals surface area (Å²) in [6, 6.07) is 0. The fourth-order valence-corrected chi connectivity index (χ4v) is 1.26. The number of aromatic nitrogens is 4. The molecule has 7 heteroatoms. The molecule has 0 atom stereocenters. The highest BCUT2D eigenvalue weighted by Crippen LogP contribution is 2.22. The van der Waals surface area contributed by atoms with Crippen molar-refractivity contribution in [3.63, 3.8) is 0 Å². The predicted octanol–water partition coefficient (Wildman–Crippen LogP) is 1.29. The lowest BCUT2D eigenvalue weighted by atomic mass is 10.3. The van der Waals surface area contributed by atoms with E-state index in [0.717, 1.165) is 0 Å². The lowest BCUT2D eigenvalue weighted by Crippen LogP contribution is -2.05. The first-order valence-corrected chi connectivity index (χ1v) is 4.58. The summed E-state index contributed by atoms with van der Waals surface area (Å²) in [5.41, 5.74) is 0.652. The van der Waals surface area contributed by atoms with Gasteiger partial charge in [0.2, 0.25) is 5.82 Å². The van der Waals surface area contributed by atoms with E-state index in [1.807, 2.05) is 0 Å². The Bertz CT molecular complexity index is 532. The summed E-state index contributed by atoms with van der Waals surface area (Å²) in [5, 5.41) is 8.97. The Hall–Kier alpha value is -2.08. The summed E-state index contributed by atoms with van der Waals surface area (Å²) in [6.45, 7) is 0. The van der Waals surface area contributed by atoms with Crippen molar-refractivity contribution in [2.45, 2.75) is 0 Å². The lowest BCUT2D eigenvalue weighted by molar-refractivity contribution is 0.0683. The number of carboxylic acids is 1. The molecule has 0 spiro atoms. The molecule has 2 rings (SSSR count). The molecule has 2 heterocycles. The molecule has 80 valence electrons. The summed E-state index contributed by atoms with van der Waals surface area (Å²) in [7, 11) is 0. The molecule has 16 heavy (non-hydrogen) atoms. The third-order valence-corrected chi connectivity index (χ3v) is 2.02. The van der Waals surface area contributed by atoms with E-state index in [1.165, 1.54) is 24.8 Å². The minimum absolute atomic E-state index is 0.227. The Labute approximate surface area is 95.0 Å². The minimum atomic E-state index is -1.22. The smallest absolute Gasteiger partial charge is 0.373 e. The first-order chi connectivity index (χ1) is 7.68. The second-order valence-corrected chi connectivity index (χ2v) is 3.19. The van der Waals surface area contributed by atoms with E-state index in [1.54, 1.807) is 0 Å². The zero-order valence-corrected chi connectivity index (χ0v) is 8.59. The Morgan fingerprint density at radius 2 is 2.06 bits per heavy atom. The summed E-state index contributed by atoms with van der Waals surface area (Å²) in [6.07, 6.45) is 5.63. The van der Waals surface area contributed by atoms with Crippen molar-refractivity contribution < 1.29 is 9.90 Å². The minimum Gasteiger partial charge on any atom is -0.475 e. The average Bonchev–Trinajstić information content (AvgIpc) is 2.30. The van der Waals surface area contributed by atoms with Crippen molar-refractivity contribution in [3.05, 3.63) is 35.6 Å². The molecule has 0 radical (unpaired) electrons. The molecular formula is C9H5ClN4O2. The van der Waals surface area contributed by atoms with Gasteiger partial charge in [-0.05, 0) is 0 Å². The maximum Gasteiger partial charge on any atom is 0.373 e. The number of rotatable bonds is 2. The molecule has 1 N–H and O–H groups in total. The average molecular weight is 237 g/mol. The van der Waals surface area contributed by atoms with Crippen LogP contribution in [0.15, 0.2) is 24.8 Å². The van der Waals surface area contributed by atoms with Crippen LogP contribution in [-0.4, -0.2) is 31.0 Å². The van der Waals surface area contributed by atoms with Crippen molar-refractivity contribution in [2.75, 3.05) is 0 Å². The van der Waals surface area contributed by atoms with E-state index < -0.39 is 5.97 Å². The van der Waals surface area contributed by atoms with Gasteiger partial charge in [-0.25, -0.2) is 14.8 Å². The van der Waals surface area contributed by atoms with Gasteiger partial charge in [-0.2, -0.15) is 0 Å². The molecule has 0 bridgehead atoms. The van der Waals surface area contributed by atoms with Gasteiger partial charge in [-0.15, -0.1) is 0 Å². The van der Waals surface area contributed by atoms with Gasteiger partial charge in [0, 0.05) is 12.4 Å². The second kappa shape index (κ2) is 4.19. The van der Waals surface area contributed by atoms with Crippen LogP contribution in [0.1, 0.15) is 10.6 Å². The molecule has 0 fully saturated rings. The van der Waals surface area contributed by atoms with Gasteiger partial charge in [0.05, 0.1) is 17.4 Å². The van der Waals surface area contributed by atoms with Gasteiger partial charge >= 0.3 is 5.97 Å². The van der Waals surface area contributed by atoms with Crippen molar-refractivity contribution in [2.24, 2.45) is 0 Å².